The summed E-state index contributed by atoms with van der Waals surface area (Å²) in [5, 5.41) is 3.20. The number of benzene rings is 1. The molecule has 0 spiro atoms. The highest BCUT2D eigenvalue weighted by Crippen LogP contribution is 2.31. The molecule has 0 aliphatic carbocycles. The Balaban J connectivity index is 1.74. The van der Waals surface area contributed by atoms with Gasteiger partial charge >= 0.3 is 0 Å². The number of Topliss-reactive ketones (excluding diaryl/α,β-unsaturated/α-hetero) is 1. The predicted molar refractivity (Wildman–Crippen MR) is 93.2 cm³/mol. The molecule has 0 aliphatic heterocycles. The first-order chi connectivity index (χ1) is 11.6. The molecule has 0 saturated carbocycles. The Bertz CT molecular complexity index is 839. The molecule has 3 rings (SSSR count). The largest absolute Gasteiger partial charge is 0.469 e. The number of furan rings is 1. The third-order valence-electron chi connectivity index (χ3n) is 3.42. The van der Waals surface area contributed by atoms with Crippen LogP contribution in [0.4, 0.5) is 5.13 Å². The van der Waals surface area contributed by atoms with Crippen LogP contribution in [0.15, 0.2) is 53.1 Å². The van der Waals surface area contributed by atoms with E-state index in [4.69, 9.17) is 4.42 Å². The van der Waals surface area contributed by atoms with E-state index in [1.54, 1.807) is 12.3 Å². The summed E-state index contributed by atoms with van der Waals surface area (Å²) < 4.78 is 5.21. The molecule has 24 heavy (non-hydrogen) atoms. The second-order valence-electron chi connectivity index (χ2n) is 5.25. The Kier molecular flexibility index (Phi) is 4.86. The molecule has 0 bridgehead atoms. The SMILES string of the molecule is CC(=O)c1sc(NC(=O)CCc2ccco2)nc1-c1ccccc1. The number of rotatable bonds is 6. The third kappa shape index (κ3) is 3.78. The Hall–Kier alpha value is -2.73. The third-order valence-corrected chi connectivity index (χ3v) is 4.49. The van der Waals surface area contributed by atoms with E-state index >= 15 is 0 Å². The van der Waals surface area contributed by atoms with Crippen LogP contribution >= 0.6 is 11.3 Å². The summed E-state index contributed by atoms with van der Waals surface area (Å²) in [7, 11) is 0. The first kappa shape index (κ1) is 16.1. The number of hydrogen-bond donors (Lipinski definition) is 1. The van der Waals surface area contributed by atoms with Crippen LogP contribution in [0.1, 0.15) is 28.8 Å². The van der Waals surface area contributed by atoms with Crippen LogP contribution in [0.2, 0.25) is 0 Å². The number of aryl methyl sites for hydroxylation is 1. The Morgan fingerprint density at radius 3 is 2.62 bits per heavy atom. The zero-order valence-corrected chi connectivity index (χ0v) is 13.9. The number of hydrogen-bond acceptors (Lipinski definition) is 5. The van der Waals surface area contributed by atoms with Crippen LogP contribution < -0.4 is 5.32 Å². The summed E-state index contributed by atoms with van der Waals surface area (Å²) in [5.41, 5.74) is 1.46. The lowest BCUT2D eigenvalue weighted by atomic mass is 10.1. The molecule has 6 heteroatoms. The second-order valence-corrected chi connectivity index (χ2v) is 6.25. The van der Waals surface area contributed by atoms with Gasteiger partial charge in [0.05, 0.1) is 16.8 Å². The van der Waals surface area contributed by atoms with E-state index < -0.39 is 0 Å². The van der Waals surface area contributed by atoms with Gasteiger partial charge in [0.1, 0.15) is 5.76 Å². The van der Waals surface area contributed by atoms with E-state index in [-0.39, 0.29) is 11.7 Å². The summed E-state index contributed by atoms with van der Waals surface area (Å²) in [4.78, 5) is 28.9. The van der Waals surface area contributed by atoms with E-state index in [9.17, 15) is 9.59 Å². The van der Waals surface area contributed by atoms with Gasteiger partial charge < -0.3 is 9.73 Å². The smallest absolute Gasteiger partial charge is 0.226 e. The summed E-state index contributed by atoms with van der Waals surface area (Å²) in [5.74, 6) is 0.538. The standard InChI is InChI=1S/C18H16N2O3S/c1-12(21)17-16(13-6-3-2-4-7-13)20-18(24-17)19-15(22)10-9-14-8-5-11-23-14/h2-8,11H,9-10H2,1H3,(H,19,20,22). The van der Waals surface area contributed by atoms with Gasteiger partial charge in [-0.2, -0.15) is 0 Å². The number of anilines is 1. The van der Waals surface area contributed by atoms with Gasteiger partial charge in [-0.3, -0.25) is 9.59 Å². The van der Waals surface area contributed by atoms with Crippen LogP contribution in [0, 0.1) is 0 Å². The van der Waals surface area contributed by atoms with Gasteiger partial charge in [-0.1, -0.05) is 41.7 Å². The average Bonchev–Trinajstić information content (AvgIpc) is 3.23. The van der Waals surface area contributed by atoms with E-state index in [1.807, 2.05) is 36.4 Å². The molecule has 1 aromatic carbocycles. The van der Waals surface area contributed by atoms with Crippen LogP contribution in [0.3, 0.4) is 0 Å². The number of ketones is 1. The van der Waals surface area contributed by atoms with Crippen molar-refractivity contribution in [3.8, 4) is 11.3 Å². The average molecular weight is 340 g/mol. The molecule has 122 valence electrons. The predicted octanol–water partition coefficient (Wildman–Crippen LogP) is 4.18. The van der Waals surface area contributed by atoms with Gasteiger partial charge in [0, 0.05) is 25.3 Å². The van der Waals surface area contributed by atoms with Crippen LogP contribution in [-0.2, 0) is 11.2 Å². The number of carbonyl (C=O) groups is 2. The molecule has 0 saturated heterocycles. The number of carbonyl (C=O) groups excluding carboxylic acids is 2. The van der Waals surface area contributed by atoms with Crippen molar-refractivity contribution in [1.82, 2.24) is 4.98 Å². The number of nitrogens with one attached hydrogen (secondary N) is 1. The van der Waals surface area contributed by atoms with Crippen molar-refractivity contribution in [2.24, 2.45) is 0 Å². The maximum atomic E-state index is 12.1. The fourth-order valence-corrected chi connectivity index (χ4v) is 3.18. The normalized spacial score (nSPS) is 10.5. The van der Waals surface area contributed by atoms with Crippen molar-refractivity contribution in [2.45, 2.75) is 19.8 Å². The minimum absolute atomic E-state index is 0.0672. The topological polar surface area (TPSA) is 72.2 Å². The highest BCUT2D eigenvalue weighted by atomic mass is 32.1. The Morgan fingerprint density at radius 2 is 1.96 bits per heavy atom. The lowest BCUT2D eigenvalue weighted by Crippen LogP contribution is -2.11. The zero-order valence-electron chi connectivity index (χ0n) is 13.1. The van der Waals surface area contributed by atoms with E-state index in [2.05, 4.69) is 10.3 Å². The molecule has 5 nitrogen and oxygen atoms in total. The van der Waals surface area contributed by atoms with Gasteiger partial charge in [0.25, 0.3) is 0 Å². The van der Waals surface area contributed by atoms with E-state index in [1.165, 1.54) is 18.3 Å². The van der Waals surface area contributed by atoms with Crippen LogP contribution in [-0.4, -0.2) is 16.7 Å². The lowest BCUT2D eigenvalue weighted by Gasteiger charge is -2.00. The van der Waals surface area contributed by atoms with Crippen LogP contribution in [0.25, 0.3) is 11.3 Å². The van der Waals surface area contributed by atoms with Crippen molar-refractivity contribution in [2.75, 3.05) is 5.32 Å². The minimum Gasteiger partial charge on any atom is -0.469 e. The quantitative estimate of drug-likeness (QED) is 0.683. The van der Waals surface area contributed by atoms with Gasteiger partial charge in [-0.05, 0) is 12.1 Å². The second kappa shape index (κ2) is 7.23. The lowest BCUT2D eigenvalue weighted by molar-refractivity contribution is -0.116. The number of amides is 1. The monoisotopic (exact) mass is 340 g/mol. The van der Waals surface area contributed by atoms with Crippen molar-refractivity contribution in [1.29, 1.82) is 0 Å². The molecule has 1 N–H and O–H groups in total. The Morgan fingerprint density at radius 1 is 1.17 bits per heavy atom. The maximum absolute atomic E-state index is 12.1. The molecule has 0 atom stereocenters. The molecule has 0 aliphatic rings. The first-order valence-electron chi connectivity index (χ1n) is 7.53. The van der Waals surface area contributed by atoms with E-state index in [0.29, 0.717) is 28.5 Å². The number of thiazole rings is 1. The zero-order chi connectivity index (χ0) is 16.9. The fraction of sp³-hybridized carbons (Fsp3) is 0.167. The molecule has 0 radical (unpaired) electrons. The molecule has 2 heterocycles. The van der Waals surface area contributed by atoms with Crippen molar-refractivity contribution in [3.63, 3.8) is 0 Å². The summed E-state index contributed by atoms with van der Waals surface area (Å²) in [6.07, 6.45) is 2.40. The maximum Gasteiger partial charge on any atom is 0.226 e. The highest BCUT2D eigenvalue weighted by Gasteiger charge is 2.17. The highest BCUT2D eigenvalue weighted by molar-refractivity contribution is 7.18. The molecule has 2 aromatic heterocycles. The minimum atomic E-state index is -0.158. The number of nitrogens with zero attached hydrogens (tertiary/aromatic N) is 1. The van der Waals surface area contributed by atoms with Crippen molar-refractivity contribution >= 4 is 28.2 Å². The molecule has 0 fully saturated rings. The van der Waals surface area contributed by atoms with Gasteiger partial charge in [-0.15, -0.1) is 0 Å². The summed E-state index contributed by atoms with van der Waals surface area (Å²) in [6.45, 7) is 1.50. The molecular formula is C18H16N2O3S. The van der Waals surface area contributed by atoms with Crippen molar-refractivity contribution < 1.29 is 14.0 Å². The van der Waals surface area contributed by atoms with E-state index in [0.717, 1.165) is 11.3 Å². The molecule has 1 amide bonds. The fourth-order valence-electron chi connectivity index (χ4n) is 2.28. The van der Waals surface area contributed by atoms with Crippen LogP contribution in [0.5, 0.6) is 0 Å². The van der Waals surface area contributed by atoms with Gasteiger partial charge in [-0.25, -0.2) is 4.98 Å². The summed E-state index contributed by atoms with van der Waals surface area (Å²) >= 11 is 1.20. The summed E-state index contributed by atoms with van der Waals surface area (Å²) in [6, 6.07) is 13.1. The molecular weight excluding hydrogens is 324 g/mol. The molecule has 0 unspecified atom stereocenters. The first-order valence-corrected chi connectivity index (χ1v) is 8.34. The van der Waals surface area contributed by atoms with Gasteiger partial charge in [0.2, 0.25) is 5.91 Å². The van der Waals surface area contributed by atoms with Crippen molar-refractivity contribution in [3.05, 3.63) is 59.4 Å². The molecule has 3 aromatic rings. The Labute approximate surface area is 143 Å². The number of aromatic nitrogens is 1. The van der Waals surface area contributed by atoms with Gasteiger partial charge in [0.15, 0.2) is 10.9 Å².